The van der Waals surface area contributed by atoms with Crippen LogP contribution in [-0.4, -0.2) is 51.5 Å². The number of benzene rings is 2. The monoisotopic (exact) mass is 459 g/mol. The van der Waals surface area contributed by atoms with Crippen LogP contribution in [0.25, 0.3) is 27.8 Å². The fourth-order valence-corrected chi connectivity index (χ4v) is 4.67. The summed E-state index contributed by atoms with van der Waals surface area (Å²) >= 11 is 6.30. The Morgan fingerprint density at radius 1 is 1.00 bits per heavy atom. The fourth-order valence-electron chi connectivity index (χ4n) is 4.48. The first-order chi connectivity index (χ1) is 16.2. The van der Waals surface area contributed by atoms with Crippen molar-refractivity contribution in [3.8, 4) is 16.8 Å². The van der Waals surface area contributed by atoms with Crippen molar-refractivity contribution >= 4 is 34.4 Å². The molecule has 5 rings (SSSR count). The predicted octanol–water partition coefficient (Wildman–Crippen LogP) is 5.19. The number of hydrogen-bond donors (Lipinski definition) is 0. The van der Waals surface area contributed by atoms with Gasteiger partial charge in [-0.05, 0) is 30.2 Å². The van der Waals surface area contributed by atoms with E-state index in [9.17, 15) is 4.79 Å². The van der Waals surface area contributed by atoms with Gasteiger partial charge in [0, 0.05) is 55.1 Å². The number of nitrogens with zero attached hydrogens (tertiary/aromatic N) is 5. The molecular weight excluding hydrogens is 434 g/mol. The summed E-state index contributed by atoms with van der Waals surface area (Å²) in [6.07, 6.45) is 5.23. The van der Waals surface area contributed by atoms with Crippen molar-refractivity contribution < 1.29 is 4.79 Å². The molecule has 3 heterocycles. The largest absolute Gasteiger partial charge is 0.352 e. The first-order valence-electron chi connectivity index (χ1n) is 11.4. The van der Waals surface area contributed by atoms with Crippen LogP contribution in [0.4, 0.5) is 5.82 Å². The molecule has 0 saturated carbocycles. The Hall–Kier alpha value is -3.38. The average molecular weight is 460 g/mol. The Morgan fingerprint density at radius 3 is 2.52 bits per heavy atom. The van der Waals surface area contributed by atoms with Crippen LogP contribution in [0.15, 0.2) is 67.1 Å². The summed E-state index contributed by atoms with van der Waals surface area (Å²) in [5.74, 6) is 1.14. The van der Waals surface area contributed by atoms with Gasteiger partial charge < -0.3 is 14.4 Å². The third-order valence-electron chi connectivity index (χ3n) is 6.13. The van der Waals surface area contributed by atoms with E-state index in [1.165, 1.54) is 0 Å². The van der Waals surface area contributed by atoms with Crippen molar-refractivity contribution in [3.05, 3.63) is 72.1 Å². The molecule has 1 fully saturated rings. The summed E-state index contributed by atoms with van der Waals surface area (Å²) in [5, 5.41) is 1.69. The number of fused-ring (bicyclic) bond motifs is 1. The smallest absolute Gasteiger partial charge is 0.222 e. The minimum atomic E-state index is 0.238. The van der Waals surface area contributed by atoms with Gasteiger partial charge in [-0.2, -0.15) is 0 Å². The molecule has 0 spiro atoms. The van der Waals surface area contributed by atoms with Crippen molar-refractivity contribution in [2.75, 3.05) is 31.1 Å². The number of carbonyl (C=O) groups is 1. The lowest BCUT2D eigenvalue weighted by molar-refractivity contribution is -0.131. The van der Waals surface area contributed by atoms with E-state index >= 15 is 0 Å². The van der Waals surface area contributed by atoms with Crippen molar-refractivity contribution in [3.63, 3.8) is 0 Å². The van der Waals surface area contributed by atoms with Crippen LogP contribution >= 0.6 is 11.6 Å². The molecule has 0 bridgehead atoms. The van der Waals surface area contributed by atoms with Crippen molar-refractivity contribution in [1.82, 2.24) is 19.4 Å². The number of carbonyl (C=O) groups excluding carboxylic acids is 1. The molecule has 0 N–H and O–H groups in total. The van der Waals surface area contributed by atoms with Gasteiger partial charge in [0.15, 0.2) is 5.65 Å². The van der Waals surface area contributed by atoms with Gasteiger partial charge in [-0.25, -0.2) is 9.97 Å². The minimum Gasteiger partial charge on any atom is -0.352 e. The lowest BCUT2D eigenvalue weighted by Crippen LogP contribution is -2.49. The van der Waals surface area contributed by atoms with E-state index in [1.807, 2.05) is 54.3 Å². The van der Waals surface area contributed by atoms with Gasteiger partial charge in [0.25, 0.3) is 0 Å². The molecule has 1 aliphatic rings. The zero-order valence-electron chi connectivity index (χ0n) is 18.6. The Labute approximate surface area is 198 Å². The number of aromatic nitrogens is 3. The van der Waals surface area contributed by atoms with Gasteiger partial charge in [0.05, 0.1) is 5.39 Å². The maximum absolute atomic E-state index is 12.3. The number of amides is 1. The van der Waals surface area contributed by atoms with Crippen molar-refractivity contribution in [2.24, 2.45) is 0 Å². The maximum atomic E-state index is 12.3. The van der Waals surface area contributed by atoms with Gasteiger partial charge in [0.1, 0.15) is 12.1 Å². The highest BCUT2D eigenvalue weighted by Gasteiger charge is 2.25. The Balaban J connectivity index is 1.60. The molecule has 0 atom stereocenters. The van der Waals surface area contributed by atoms with Crippen LogP contribution < -0.4 is 4.90 Å². The number of piperazine rings is 1. The van der Waals surface area contributed by atoms with Crippen LogP contribution in [0.2, 0.25) is 5.02 Å². The number of rotatable bonds is 5. The number of hydrogen-bond acceptors (Lipinski definition) is 4. The third kappa shape index (κ3) is 4.18. The van der Waals surface area contributed by atoms with E-state index in [-0.39, 0.29) is 5.91 Å². The van der Waals surface area contributed by atoms with Crippen LogP contribution in [0.3, 0.4) is 0 Å². The summed E-state index contributed by atoms with van der Waals surface area (Å²) in [5.41, 5.74) is 3.97. The number of halogens is 1. The lowest BCUT2D eigenvalue weighted by atomic mass is 10.1. The van der Waals surface area contributed by atoms with E-state index in [0.717, 1.165) is 53.2 Å². The predicted molar refractivity (Wildman–Crippen MR) is 133 cm³/mol. The fraction of sp³-hybridized carbons (Fsp3) is 0.269. The minimum absolute atomic E-state index is 0.238. The molecule has 33 heavy (non-hydrogen) atoms. The molecule has 2 aromatic heterocycles. The zero-order valence-corrected chi connectivity index (χ0v) is 19.4. The van der Waals surface area contributed by atoms with E-state index in [2.05, 4.69) is 32.8 Å². The molecule has 2 aromatic carbocycles. The molecule has 168 valence electrons. The second-order valence-corrected chi connectivity index (χ2v) is 8.71. The summed E-state index contributed by atoms with van der Waals surface area (Å²) < 4.78 is 2.08. The van der Waals surface area contributed by atoms with Gasteiger partial charge in [-0.1, -0.05) is 54.9 Å². The molecule has 6 nitrogen and oxygen atoms in total. The second-order valence-electron chi connectivity index (χ2n) is 8.27. The van der Waals surface area contributed by atoms with Gasteiger partial charge >= 0.3 is 0 Å². The Kier molecular flexibility index (Phi) is 6.01. The highest BCUT2D eigenvalue weighted by atomic mass is 35.5. The summed E-state index contributed by atoms with van der Waals surface area (Å²) in [6.45, 7) is 4.96. The van der Waals surface area contributed by atoms with E-state index in [0.29, 0.717) is 24.5 Å². The Morgan fingerprint density at radius 2 is 1.79 bits per heavy atom. The molecule has 0 aliphatic carbocycles. The Bertz CT molecular complexity index is 1280. The van der Waals surface area contributed by atoms with Crippen LogP contribution in [0.1, 0.15) is 19.8 Å². The normalized spacial score (nSPS) is 14.1. The molecule has 4 aromatic rings. The molecule has 0 unspecified atom stereocenters. The zero-order chi connectivity index (χ0) is 22.8. The average Bonchev–Trinajstić information content (AvgIpc) is 3.25. The number of anilines is 1. The molecule has 1 aliphatic heterocycles. The quantitative estimate of drug-likeness (QED) is 0.412. The molecule has 0 radical (unpaired) electrons. The highest BCUT2D eigenvalue weighted by molar-refractivity contribution is 6.30. The topological polar surface area (TPSA) is 54.3 Å². The van der Waals surface area contributed by atoms with Gasteiger partial charge in [0.2, 0.25) is 5.91 Å². The standard InChI is InChI=1S/C26H26ClN5O/c1-2-7-23(33)30-12-14-31(15-13-30)25-24-22(19-8-4-3-5-9-19)17-32(26(24)29-18-28-25)21-11-6-10-20(27)16-21/h3-6,8-11,16-18H,2,7,12-15H2,1H3. The summed E-state index contributed by atoms with van der Waals surface area (Å²) in [6, 6.07) is 18.1. The van der Waals surface area contributed by atoms with Gasteiger partial charge in [-0.3, -0.25) is 4.79 Å². The highest BCUT2D eigenvalue weighted by Crippen LogP contribution is 2.37. The van der Waals surface area contributed by atoms with E-state index < -0.39 is 0 Å². The molecular formula is C26H26ClN5O. The third-order valence-corrected chi connectivity index (χ3v) is 6.37. The first kappa shape index (κ1) is 21.5. The van der Waals surface area contributed by atoms with Crippen LogP contribution in [-0.2, 0) is 4.79 Å². The van der Waals surface area contributed by atoms with Gasteiger partial charge in [-0.15, -0.1) is 0 Å². The van der Waals surface area contributed by atoms with Crippen molar-refractivity contribution in [2.45, 2.75) is 19.8 Å². The maximum Gasteiger partial charge on any atom is 0.222 e. The molecule has 1 saturated heterocycles. The van der Waals surface area contributed by atoms with Crippen LogP contribution in [0, 0.1) is 0 Å². The van der Waals surface area contributed by atoms with Crippen LogP contribution in [0.5, 0.6) is 0 Å². The van der Waals surface area contributed by atoms with E-state index in [1.54, 1.807) is 6.33 Å². The van der Waals surface area contributed by atoms with Crippen molar-refractivity contribution in [1.29, 1.82) is 0 Å². The molecule has 1 amide bonds. The summed E-state index contributed by atoms with van der Waals surface area (Å²) in [7, 11) is 0. The van der Waals surface area contributed by atoms with E-state index in [4.69, 9.17) is 16.6 Å². The first-order valence-corrected chi connectivity index (χ1v) is 11.7. The SMILES string of the molecule is CCCC(=O)N1CCN(c2ncnc3c2c(-c2ccccc2)cn3-c2cccc(Cl)c2)CC1. The second kappa shape index (κ2) is 9.24. The summed E-state index contributed by atoms with van der Waals surface area (Å²) in [4.78, 5) is 26.0. The lowest BCUT2D eigenvalue weighted by Gasteiger charge is -2.35. The molecule has 7 heteroatoms.